The number of hydrogen-bond donors (Lipinski definition) is 0. The molecule has 1 aliphatic heterocycles. The van der Waals surface area contributed by atoms with Crippen molar-refractivity contribution < 1.29 is 8.42 Å². The second kappa shape index (κ2) is 5.13. The SMILES string of the molecule is CCc1cc2c(N3CCS(=O)(=O)CC3)nc(Cl)nc2s1. The van der Waals surface area contributed by atoms with Crippen molar-refractivity contribution in [1.82, 2.24) is 9.97 Å². The third-order valence-corrected chi connectivity index (χ3v) is 6.34. The molecule has 0 aliphatic carbocycles. The number of thiophene rings is 1. The molecule has 0 atom stereocenters. The normalized spacial score (nSPS) is 18.6. The molecule has 5 nitrogen and oxygen atoms in total. The largest absolute Gasteiger partial charge is 0.354 e. The number of anilines is 1. The maximum absolute atomic E-state index is 11.5. The molecule has 0 spiro atoms. The van der Waals surface area contributed by atoms with Gasteiger partial charge < -0.3 is 4.90 Å². The summed E-state index contributed by atoms with van der Waals surface area (Å²) in [6.45, 7) is 3.01. The Hall–Kier alpha value is -0.920. The molecule has 0 bridgehead atoms. The minimum atomic E-state index is -2.90. The average Bonchev–Trinajstić information content (AvgIpc) is 2.80. The molecule has 1 aliphatic rings. The van der Waals surface area contributed by atoms with E-state index in [0.29, 0.717) is 13.1 Å². The topological polar surface area (TPSA) is 63.2 Å². The highest BCUT2D eigenvalue weighted by molar-refractivity contribution is 7.91. The van der Waals surface area contributed by atoms with Gasteiger partial charge in [0, 0.05) is 18.0 Å². The van der Waals surface area contributed by atoms with Crippen molar-refractivity contribution in [2.45, 2.75) is 13.3 Å². The van der Waals surface area contributed by atoms with Gasteiger partial charge in [0.15, 0.2) is 9.84 Å². The first kappa shape index (κ1) is 14.0. The molecule has 0 saturated carbocycles. The van der Waals surface area contributed by atoms with Gasteiger partial charge in [0.05, 0.1) is 16.9 Å². The lowest BCUT2D eigenvalue weighted by molar-refractivity contribution is 0.586. The van der Waals surface area contributed by atoms with Gasteiger partial charge >= 0.3 is 0 Å². The highest BCUT2D eigenvalue weighted by Crippen LogP contribution is 2.32. The summed E-state index contributed by atoms with van der Waals surface area (Å²) in [4.78, 5) is 12.6. The van der Waals surface area contributed by atoms with Crippen LogP contribution in [0.5, 0.6) is 0 Å². The van der Waals surface area contributed by atoms with Crippen molar-refractivity contribution in [2.24, 2.45) is 0 Å². The molecule has 1 saturated heterocycles. The summed E-state index contributed by atoms with van der Waals surface area (Å²) in [5, 5.41) is 1.18. The lowest BCUT2D eigenvalue weighted by Crippen LogP contribution is -2.40. The maximum atomic E-state index is 11.5. The molecule has 3 heterocycles. The molecule has 0 radical (unpaired) electrons. The first-order valence-electron chi connectivity index (χ1n) is 6.40. The highest BCUT2D eigenvalue weighted by Gasteiger charge is 2.24. The van der Waals surface area contributed by atoms with Crippen molar-refractivity contribution in [3.63, 3.8) is 0 Å². The number of aryl methyl sites for hydroxylation is 1. The van der Waals surface area contributed by atoms with Gasteiger partial charge in [-0.15, -0.1) is 11.3 Å². The minimum Gasteiger partial charge on any atom is -0.354 e. The summed E-state index contributed by atoms with van der Waals surface area (Å²) < 4.78 is 23.0. The van der Waals surface area contributed by atoms with Crippen molar-refractivity contribution in [3.05, 3.63) is 16.2 Å². The van der Waals surface area contributed by atoms with Crippen LogP contribution in [-0.2, 0) is 16.3 Å². The van der Waals surface area contributed by atoms with Crippen LogP contribution < -0.4 is 4.90 Å². The molecule has 0 unspecified atom stereocenters. The number of fused-ring (bicyclic) bond motifs is 1. The zero-order valence-electron chi connectivity index (χ0n) is 11.0. The van der Waals surface area contributed by atoms with Crippen molar-refractivity contribution in [1.29, 1.82) is 0 Å². The standard InChI is InChI=1S/C12H14ClN3O2S2/c1-2-8-7-9-10(14-12(13)15-11(9)19-8)16-3-5-20(17,18)6-4-16/h7H,2-6H2,1H3. The van der Waals surface area contributed by atoms with E-state index in [1.165, 1.54) is 4.88 Å². The van der Waals surface area contributed by atoms with Crippen LogP contribution in [-0.4, -0.2) is 43.0 Å². The van der Waals surface area contributed by atoms with E-state index in [1.807, 2.05) is 4.90 Å². The van der Waals surface area contributed by atoms with E-state index in [2.05, 4.69) is 23.0 Å². The fourth-order valence-corrected chi connectivity index (χ4v) is 4.65. The lowest BCUT2D eigenvalue weighted by atomic mass is 10.3. The first-order chi connectivity index (χ1) is 9.48. The molecule has 0 amide bonds. The van der Waals surface area contributed by atoms with Crippen molar-refractivity contribution in [2.75, 3.05) is 29.5 Å². The first-order valence-corrected chi connectivity index (χ1v) is 9.41. The third kappa shape index (κ3) is 2.62. The van der Waals surface area contributed by atoms with Gasteiger partial charge in [-0.25, -0.2) is 13.4 Å². The Morgan fingerprint density at radius 3 is 2.70 bits per heavy atom. The van der Waals surface area contributed by atoms with E-state index in [0.717, 1.165) is 22.5 Å². The number of sulfone groups is 1. The lowest BCUT2D eigenvalue weighted by Gasteiger charge is -2.28. The third-order valence-electron chi connectivity index (χ3n) is 3.39. The predicted octanol–water partition coefficient (Wildman–Crippen LogP) is 2.14. The van der Waals surface area contributed by atoms with Crippen LogP contribution in [0.2, 0.25) is 5.28 Å². The van der Waals surface area contributed by atoms with Crippen LogP contribution in [0, 0.1) is 0 Å². The number of halogens is 1. The smallest absolute Gasteiger partial charge is 0.225 e. The second-order valence-electron chi connectivity index (χ2n) is 4.74. The van der Waals surface area contributed by atoms with Crippen LogP contribution in [0.15, 0.2) is 6.07 Å². The molecule has 2 aromatic rings. The second-order valence-corrected chi connectivity index (χ2v) is 8.50. The molecule has 3 rings (SSSR count). The molecule has 20 heavy (non-hydrogen) atoms. The quantitative estimate of drug-likeness (QED) is 0.789. The minimum absolute atomic E-state index is 0.168. The summed E-state index contributed by atoms with van der Waals surface area (Å²) in [6, 6.07) is 2.08. The van der Waals surface area contributed by atoms with Crippen molar-refractivity contribution in [3.8, 4) is 0 Å². The fraction of sp³-hybridized carbons (Fsp3) is 0.500. The van der Waals surface area contributed by atoms with Crippen LogP contribution in [0.1, 0.15) is 11.8 Å². The van der Waals surface area contributed by atoms with Gasteiger partial charge in [-0.2, -0.15) is 4.98 Å². The molecular weight excluding hydrogens is 318 g/mol. The van der Waals surface area contributed by atoms with Gasteiger partial charge in [0.25, 0.3) is 0 Å². The molecule has 2 aromatic heterocycles. The zero-order valence-corrected chi connectivity index (χ0v) is 13.4. The molecule has 108 valence electrons. The Kier molecular flexibility index (Phi) is 3.60. The Bertz CT molecular complexity index is 743. The summed E-state index contributed by atoms with van der Waals surface area (Å²) in [6.07, 6.45) is 0.937. The van der Waals surface area contributed by atoms with E-state index in [1.54, 1.807) is 11.3 Å². The summed E-state index contributed by atoms with van der Waals surface area (Å²) in [5.41, 5.74) is 0. The molecule has 0 N–H and O–H groups in total. The Labute approximate surface area is 126 Å². The van der Waals surface area contributed by atoms with Crippen LogP contribution in [0.3, 0.4) is 0 Å². The molecular formula is C12H14ClN3O2S2. The van der Waals surface area contributed by atoms with E-state index >= 15 is 0 Å². The van der Waals surface area contributed by atoms with Gasteiger partial charge in [-0.05, 0) is 24.1 Å². The maximum Gasteiger partial charge on any atom is 0.225 e. The van der Waals surface area contributed by atoms with Crippen LogP contribution >= 0.6 is 22.9 Å². The van der Waals surface area contributed by atoms with Crippen LogP contribution in [0.4, 0.5) is 5.82 Å². The molecule has 8 heteroatoms. The van der Waals surface area contributed by atoms with E-state index in [-0.39, 0.29) is 16.8 Å². The molecule has 0 aromatic carbocycles. The van der Waals surface area contributed by atoms with Gasteiger partial charge in [0.1, 0.15) is 10.6 Å². The molecule has 1 fully saturated rings. The number of aromatic nitrogens is 2. The monoisotopic (exact) mass is 331 g/mol. The van der Waals surface area contributed by atoms with E-state index < -0.39 is 9.84 Å². The fourth-order valence-electron chi connectivity index (χ4n) is 2.27. The summed E-state index contributed by atoms with van der Waals surface area (Å²) in [7, 11) is -2.90. The van der Waals surface area contributed by atoms with E-state index in [4.69, 9.17) is 11.6 Å². The van der Waals surface area contributed by atoms with Crippen LogP contribution in [0.25, 0.3) is 10.2 Å². The number of hydrogen-bond acceptors (Lipinski definition) is 6. The number of rotatable bonds is 2. The Morgan fingerprint density at radius 1 is 1.35 bits per heavy atom. The Balaban J connectivity index is 2.04. The van der Waals surface area contributed by atoms with E-state index in [9.17, 15) is 8.42 Å². The Morgan fingerprint density at radius 2 is 2.05 bits per heavy atom. The van der Waals surface area contributed by atoms with Gasteiger partial charge in [0.2, 0.25) is 5.28 Å². The van der Waals surface area contributed by atoms with Crippen molar-refractivity contribution >= 4 is 48.8 Å². The summed E-state index contributed by atoms with van der Waals surface area (Å²) in [5.74, 6) is 1.09. The summed E-state index contributed by atoms with van der Waals surface area (Å²) >= 11 is 7.60. The predicted molar refractivity (Wildman–Crippen MR) is 82.7 cm³/mol. The zero-order chi connectivity index (χ0) is 14.3. The highest BCUT2D eigenvalue weighted by atomic mass is 35.5. The average molecular weight is 332 g/mol. The number of nitrogens with zero attached hydrogens (tertiary/aromatic N) is 3. The van der Waals surface area contributed by atoms with Gasteiger partial charge in [-0.3, -0.25) is 0 Å². The van der Waals surface area contributed by atoms with Gasteiger partial charge in [-0.1, -0.05) is 6.92 Å².